The molecule has 56 valence electrons. The average Bonchev–Trinajstić information content (AvgIpc) is 1.97. The summed E-state index contributed by atoms with van der Waals surface area (Å²) in [6, 6.07) is 5.06. The van der Waals surface area contributed by atoms with Crippen molar-refractivity contribution in [3.8, 4) is 6.07 Å². The van der Waals surface area contributed by atoms with Crippen LogP contribution in [0.1, 0.15) is 5.56 Å². The van der Waals surface area contributed by atoms with Gasteiger partial charge in [0.2, 0.25) is 0 Å². The van der Waals surface area contributed by atoms with Crippen LogP contribution in [-0.4, -0.2) is 0 Å². The van der Waals surface area contributed by atoms with Crippen LogP contribution in [0, 0.1) is 11.3 Å². The lowest BCUT2D eigenvalue weighted by Crippen LogP contribution is -1.77. The third kappa shape index (κ3) is 1.87. The molecular weight excluding hydrogens is 249 g/mol. The Labute approximate surface area is 82.7 Å². The lowest BCUT2D eigenvalue weighted by atomic mass is 10.2. The average molecular weight is 251 g/mol. The van der Waals surface area contributed by atoms with E-state index in [1.807, 2.05) is 6.07 Å². The number of hydrogen-bond donors (Lipinski definition) is 0. The highest BCUT2D eigenvalue weighted by Crippen LogP contribution is 2.28. The summed E-state index contributed by atoms with van der Waals surface area (Å²) in [5.74, 6) is 0. The Bertz CT molecular complexity index is 330. The minimum absolute atomic E-state index is 0.376. The van der Waals surface area contributed by atoms with Crippen LogP contribution in [0.15, 0.2) is 16.6 Å². The van der Waals surface area contributed by atoms with Crippen LogP contribution in [0.4, 0.5) is 0 Å². The van der Waals surface area contributed by atoms with Gasteiger partial charge in [0.05, 0.1) is 15.6 Å². The molecule has 0 amide bonds. The van der Waals surface area contributed by atoms with Crippen LogP contribution < -0.4 is 0 Å². The summed E-state index contributed by atoms with van der Waals surface area (Å²) in [7, 11) is 0. The Hall–Kier alpha value is -0.230. The molecule has 1 rings (SSSR count). The summed E-state index contributed by atoms with van der Waals surface area (Å²) in [6.45, 7) is 0. The van der Waals surface area contributed by atoms with E-state index in [4.69, 9.17) is 28.5 Å². The van der Waals surface area contributed by atoms with Gasteiger partial charge in [-0.1, -0.05) is 23.2 Å². The van der Waals surface area contributed by atoms with Crippen molar-refractivity contribution >= 4 is 39.1 Å². The third-order valence-electron chi connectivity index (χ3n) is 1.13. The molecule has 1 aromatic carbocycles. The highest BCUT2D eigenvalue weighted by atomic mass is 79.9. The summed E-state index contributed by atoms with van der Waals surface area (Å²) in [5.41, 5.74) is 0.419. The van der Waals surface area contributed by atoms with Crippen LogP contribution >= 0.6 is 39.1 Å². The second-order valence-corrected chi connectivity index (χ2v) is 3.53. The number of halogens is 3. The van der Waals surface area contributed by atoms with Crippen LogP contribution in [0.3, 0.4) is 0 Å². The molecule has 0 bridgehead atoms. The van der Waals surface area contributed by atoms with Gasteiger partial charge >= 0.3 is 0 Å². The normalized spacial score (nSPS) is 9.27. The molecular formula is C7H2BrCl2N. The van der Waals surface area contributed by atoms with Crippen LogP contribution in [0.5, 0.6) is 0 Å². The predicted molar refractivity (Wildman–Crippen MR) is 48.9 cm³/mol. The van der Waals surface area contributed by atoms with Crippen molar-refractivity contribution in [2.75, 3.05) is 0 Å². The molecule has 0 radical (unpaired) electrons. The van der Waals surface area contributed by atoms with Gasteiger partial charge in [-0.15, -0.1) is 0 Å². The number of hydrogen-bond acceptors (Lipinski definition) is 1. The molecule has 0 atom stereocenters. The fourth-order valence-corrected chi connectivity index (χ4v) is 1.38. The molecule has 0 fully saturated rings. The van der Waals surface area contributed by atoms with Crippen LogP contribution in [0.2, 0.25) is 10.0 Å². The molecule has 0 aliphatic carbocycles. The molecule has 1 aromatic rings. The fraction of sp³-hybridized carbons (Fsp3) is 0. The van der Waals surface area contributed by atoms with Gasteiger partial charge in [-0.2, -0.15) is 5.26 Å². The number of nitrogens with zero attached hydrogens (tertiary/aromatic N) is 1. The van der Waals surface area contributed by atoms with E-state index in [1.165, 1.54) is 6.07 Å². The monoisotopic (exact) mass is 249 g/mol. The molecule has 11 heavy (non-hydrogen) atoms. The smallest absolute Gasteiger partial charge is 0.101 e. The van der Waals surface area contributed by atoms with Crippen molar-refractivity contribution in [1.29, 1.82) is 5.26 Å². The zero-order valence-corrected chi connectivity index (χ0v) is 8.33. The molecule has 0 aromatic heterocycles. The van der Waals surface area contributed by atoms with E-state index in [9.17, 15) is 0 Å². The van der Waals surface area contributed by atoms with Crippen molar-refractivity contribution in [3.05, 3.63) is 32.2 Å². The second kappa shape index (κ2) is 3.44. The number of nitriles is 1. The molecule has 0 N–H and O–H groups in total. The van der Waals surface area contributed by atoms with Gasteiger partial charge in [0.1, 0.15) is 6.07 Å². The van der Waals surface area contributed by atoms with E-state index in [0.29, 0.717) is 20.1 Å². The van der Waals surface area contributed by atoms with Crippen molar-refractivity contribution in [2.45, 2.75) is 0 Å². The minimum atomic E-state index is 0.376. The van der Waals surface area contributed by atoms with Crippen molar-refractivity contribution in [2.24, 2.45) is 0 Å². The van der Waals surface area contributed by atoms with Crippen molar-refractivity contribution in [1.82, 2.24) is 0 Å². The first kappa shape index (κ1) is 8.86. The van der Waals surface area contributed by atoms with E-state index in [2.05, 4.69) is 15.9 Å². The van der Waals surface area contributed by atoms with Crippen molar-refractivity contribution < 1.29 is 0 Å². The maximum atomic E-state index is 8.54. The third-order valence-corrected chi connectivity index (χ3v) is 2.64. The molecule has 0 saturated carbocycles. The summed E-state index contributed by atoms with van der Waals surface area (Å²) in [4.78, 5) is 0. The molecule has 0 heterocycles. The Balaban J connectivity index is 3.35. The summed E-state index contributed by atoms with van der Waals surface area (Å²) >= 11 is 14.6. The Morgan fingerprint density at radius 2 is 1.91 bits per heavy atom. The largest absolute Gasteiger partial charge is 0.192 e. The standard InChI is InChI=1S/C7H2BrCl2N/c8-5-1-4(3-11)6(9)2-7(5)10/h1-2H. The molecule has 0 saturated heterocycles. The van der Waals surface area contributed by atoms with Gasteiger partial charge in [-0.3, -0.25) is 0 Å². The Morgan fingerprint density at radius 3 is 2.45 bits per heavy atom. The van der Waals surface area contributed by atoms with E-state index in [-0.39, 0.29) is 0 Å². The number of benzene rings is 1. The van der Waals surface area contributed by atoms with Gasteiger partial charge in [-0.05, 0) is 28.1 Å². The van der Waals surface area contributed by atoms with Gasteiger partial charge in [0, 0.05) is 4.47 Å². The molecule has 1 nitrogen and oxygen atoms in total. The fourth-order valence-electron chi connectivity index (χ4n) is 0.608. The quantitative estimate of drug-likeness (QED) is 0.646. The maximum absolute atomic E-state index is 8.54. The lowest BCUT2D eigenvalue weighted by molar-refractivity contribution is 1.47. The minimum Gasteiger partial charge on any atom is -0.192 e. The summed E-state index contributed by atoms with van der Waals surface area (Å²) < 4.78 is 0.681. The van der Waals surface area contributed by atoms with Gasteiger partial charge in [0.25, 0.3) is 0 Å². The van der Waals surface area contributed by atoms with Gasteiger partial charge in [-0.25, -0.2) is 0 Å². The molecule has 0 aliphatic rings. The number of rotatable bonds is 0. The first-order valence-electron chi connectivity index (χ1n) is 2.70. The Kier molecular flexibility index (Phi) is 2.78. The maximum Gasteiger partial charge on any atom is 0.101 e. The molecule has 0 unspecified atom stereocenters. The van der Waals surface area contributed by atoms with Crippen LogP contribution in [-0.2, 0) is 0 Å². The van der Waals surface area contributed by atoms with Crippen LogP contribution in [0.25, 0.3) is 0 Å². The highest BCUT2D eigenvalue weighted by molar-refractivity contribution is 9.10. The highest BCUT2D eigenvalue weighted by Gasteiger charge is 2.03. The van der Waals surface area contributed by atoms with E-state index in [1.54, 1.807) is 6.07 Å². The van der Waals surface area contributed by atoms with E-state index in [0.717, 1.165) is 0 Å². The zero-order chi connectivity index (χ0) is 8.43. The van der Waals surface area contributed by atoms with E-state index < -0.39 is 0 Å². The molecule has 4 heteroatoms. The van der Waals surface area contributed by atoms with E-state index >= 15 is 0 Å². The second-order valence-electron chi connectivity index (χ2n) is 1.86. The summed E-state index contributed by atoms with van der Waals surface area (Å²) in [6.07, 6.45) is 0. The van der Waals surface area contributed by atoms with Gasteiger partial charge < -0.3 is 0 Å². The molecule has 0 spiro atoms. The van der Waals surface area contributed by atoms with Crippen molar-refractivity contribution in [3.63, 3.8) is 0 Å². The molecule has 0 aliphatic heterocycles. The summed E-state index contributed by atoms with van der Waals surface area (Å²) in [5, 5.41) is 9.42. The first-order valence-corrected chi connectivity index (χ1v) is 4.24. The van der Waals surface area contributed by atoms with Gasteiger partial charge in [0.15, 0.2) is 0 Å². The lowest BCUT2D eigenvalue weighted by Gasteiger charge is -1.97. The zero-order valence-electron chi connectivity index (χ0n) is 5.24. The predicted octanol–water partition coefficient (Wildman–Crippen LogP) is 3.63. The topological polar surface area (TPSA) is 23.8 Å². The SMILES string of the molecule is N#Cc1cc(Br)c(Cl)cc1Cl. The first-order chi connectivity index (χ1) is 5.15. The Morgan fingerprint density at radius 1 is 1.27 bits per heavy atom.